The van der Waals surface area contributed by atoms with E-state index in [1.807, 2.05) is 5.38 Å². The zero-order valence-electron chi connectivity index (χ0n) is 13.6. The molecule has 3 rings (SSSR count). The van der Waals surface area contributed by atoms with Crippen molar-refractivity contribution in [1.82, 2.24) is 15.2 Å². The molecule has 0 aliphatic carbocycles. The highest BCUT2D eigenvalue weighted by Crippen LogP contribution is 2.20. The maximum atomic E-state index is 12.9. The first-order chi connectivity index (χ1) is 12.1. The predicted molar refractivity (Wildman–Crippen MR) is 93.7 cm³/mol. The van der Waals surface area contributed by atoms with Crippen LogP contribution < -0.4 is 10.6 Å². The summed E-state index contributed by atoms with van der Waals surface area (Å²) >= 11 is 1.38. The first-order valence-corrected chi connectivity index (χ1v) is 8.97. The maximum absolute atomic E-state index is 12.9. The molecule has 25 heavy (non-hydrogen) atoms. The maximum Gasteiger partial charge on any atom is 0.317 e. The van der Waals surface area contributed by atoms with Gasteiger partial charge < -0.3 is 15.5 Å². The number of nitrogens with one attached hydrogen (secondary N) is 2. The van der Waals surface area contributed by atoms with Gasteiger partial charge in [-0.1, -0.05) is 12.1 Å². The fraction of sp³-hybridized carbons (Fsp3) is 0.353. The Kier molecular flexibility index (Phi) is 5.60. The number of hydrogen-bond donors (Lipinski definition) is 2. The second kappa shape index (κ2) is 8.06. The summed E-state index contributed by atoms with van der Waals surface area (Å²) in [5, 5.41) is 8.04. The molecule has 1 aromatic carbocycles. The van der Waals surface area contributed by atoms with Crippen molar-refractivity contribution in [2.75, 3.05) is 18.4 Å². The van der Waals surface area contributed by atoms with Crippen LogP contribution in [-0.2, 0) is 11.3 Å². The van der Waals surface area contributed by atoms with Gasteiger partial charge in [-0.15, -0.1) is 11.3 Å². The lowest BCUT2D eigenvalue weighted by atomic mass is 9.96. The molecular formula is C17H19FN4O2S. The monoisotopic (exact) mass is 362 g/mol. The van der Waals surface area contributed by atoms with E-state index in [1.54, 1.807) is 23.2 Å². The molecule has 0 unspecified atom stereocenters. The van der Waals surface area contributed by atoms with Crippen LogP contribution in [0.3, 0.4) is 0 Å². The average Bonchev–Trinajstić information content (AvgIpc) is 3.14. The summed E-state index contributed by atoms with van der Waals surface area (Å²) in [5.74, 6) is -0.445. The third kappa shape index (κ3) is 4.76. The topological polar surface area (TPSA) is 74.3 Å². The standard InChI is InChI=1S/C17H19FN4O2S/c18-14-3-1-12(2-4-14)11-20-17(24)22-8-5-13(6-9-22)15(23)21-16-19-7-10-25-16/h1-4,7,10,13H,5-6,8-9,11H2,(H,20,24)(H,19,21,23). The number of nitrogens with zero attached hydrogens (tertiary/aromatic N) is 2. The number of urea groups is 1. The predicted octanol–water partition coefficient (Wildman–Crippen LogP) is 2.84. The van der Waals surface area contributed by atoms with Crippen molar-refractivity contribution in [2.45, 2.75) is 19.4 Å². The van der Waals surface area contributed by atoms with Gasteiger partial charge >= 0.3 is 6.03 Å². The number of anilines is 1. The minimum atomic E-state index is -0.298. The molecule has 6 nitrogen and oxygen atoms in total. The number of carbonyl (C=O) groups is 2. The quantitative estimate of drug-likeness (QED) is 0.878. The molecule has 0 spiro atoms. The van der Waals surface area contributed by atoms with Crippen LogP contribution >= 0.6 is 11.3 Å². The fourth-order valence-corrected chi connectivity index (χ4v) is 3.26. The first-order valence-electron chi connectivity index (χ1n) is 8.09. The van der Waals surface area contributed by atoms with E-state index >= 15 is 0 Å². The Hall–Kier alpha value is -2.48. The van der Waals surface area contributed by atoms with E-state index in [1.165, 1.54) is 23.5 Å². The molecule has 2 heterocycles. The smallest absolute Gasteiger partial charge is 0.317 e. The van der Waals surface area contributed by atoms with E-state index in [0.717, 1.165) is 5.56 Å². The molecule has 1 aliphatic rings. The zero-order chi connectivity index (χ0) is 17.6. The summed E-state index contributed by atoms with van der Waals surface area (Å²) in [7, 11) is 0. The summed E-state index contributed by atoms with van der Waals surface area (Å²) in [6, 6.07) is 5.86. The van der Waals surface area contributed by atoms with E-state index in [-0.39, 0.29) is 23.7 Å². The Morgan fingerprint density at radius 2 is 1.96 bits per heavy atom. The summed E-state index contributed by atoms with van der Waals surface area (Å²) in [6.07, 6.45) is 2.90. The van der Waals surface area contributed by atoms with Crippen molar-refractivity contribution in [2.24, 2.45) is 5.92 Å². The largest absolute Gasteiger partial charge is 0.334 e. The van der Waals surface area contributed by atoms with E-state index in [4.69, 9.17) is 0 Å². The highest BCUT2D eigenvalue weighted by atomic mass is 32.1. The van der Waals surface area contributed by atoms with Crippen LogP contribution in [0.2, 0.25) is 0 Å². The number of benzene rings is 1. The molecule has 2 N–H and O–H groups in total. The van der Waals surface area contributed by atoms with Gasteiger partial charge in [0.15, 0.2) is 5.13 Å². The number of carbonyl (C=O) groups excluding carboxylic acids is 2. The molecule has 8 heteroatoms. The van der Waals surface area contributed by atoms with Gasteiger partial charge in [0.2, 0.25) is 5.91 Å². The molecule has 0 radical (unpaired) electrons. The number of halogens is 1. The number of aromatic nitrogens is 1. The van der Waals surface area contributed by atoms with Crippen molar-refractivity contribution in [3.63, 3.8) is 0 Å². The summed E-state index contributed by atoms with van der Waals surface area (Å²) in [4.78, 5) is 30.1. The Morgan fingerprint density at radius 3 is 2.60 bits per heavy atom. The van der Waals surface area contributed by atoms with E-state index in [0.29, 0.717) is 37.6 Å². The minimum Gasteiger partial charge on any atom is -0.334 e. The summed E-state index contributed by atoms with van der Waals surface area (Å²) in [5.41, 5.74) is 0.840. The fourth-order valence-electron chi connectivity index (χ4n) is 2.73. The van der Waals surface area contributed by atoms with Gasteiger partial charge in [0.25, 0.3) is 0 Å². The number of hydrogen-bond acceptors (Lipinski definition) is 4. The van der Waals surface area contributed by atoms with Gasteiger partial charge in [-0.25, -0.2) is 14.2 Å². The van der Waals surface area contributed by atoms with Crippen molar-refractivity contribution in [1.29, 1.82) is 0 Å². The van der Waals surface area contributed by atoms with Crippen molar-refractivity contribution >= 4 is 28.4 Å². The van der Waals surface area contributed by atoms with Crippen LogP contribution in [0.25, 0.3) is 0 Å². The van der Waals surface area contributed by atoms with Crippen molar-refractivity contribution < 1.29 is 14.0 Å². The SMILES string of the molecule is O=C(Nc1nccs1)C1CCN(C(=O)NCc2ccc(F)cc2)CC1. The lowest BCUT2D eigenvalue weighted by Gasteiger charge is -2.31. The van der Waals surface area contributed by atoms with Crippen LogP contribution in [0.1, 0.15) is 18.4 Å². The van der Waals surface area contributed by atoms with Gasteiger partial charge in [0, 0.05) is 37.1 Å². The van der Waals surface area contributed by atoms with Crippen LogP contribution in [0.4, 0.5) is 14.3 Å². The second-order valence-electron chi connectivity index (χ2n) is 5.87. The molecule has 0 bridgehead atoms. The van der Waals surface area contributed by atoms with E-state index in [2.05, 4.69) is 15.6 Å². The van der Waals surface area contributed by atoms with Gasteiger partial charge in [0.05, 0.1) is 0 Å². The van der Waals surface area contributed by atoms with Crippen LogP contribution in [0.5, 0.6) is 0 Å². The molecule has 2 aromatic rings. The third-order valence-corrected chi connectivity index (χ3v) is 4.86. The number of piperidine rings is 1. The van der Waals surface area contributed by atoms with Gasteiger partial charge in [-0.2, -0.15) is 0 Å². The molecule has 132 valence electrons. The Balaban J connectivity index is 1.42. The molecule has 0 atom stereocenters. The Morgan fingerprint density at radius 1 is 1.24 bits per heavy atom. The molecule has 3 amide bonds. The van der Waals surface area contributed by atoms with E-state index in [9.17, 15) is 14.0 Å². The summed E-state index contributed by atoms with van der Waals surface area (Å²) in [6.45, 7) is 1.42. The molecule has 1 saturated heterocycles. The molecule has 1 fully saturated rings. The van der Waals surface area contributed by atoms with Crippen LogP contribution in [0, 0.1) is 11.7 Å². The number of amides is 3. The molecule has 1 aliphatic heterocycles. The van der Waals surface area contributed by atoms with Gasteiger partial charge in [0.1, 0.15) is 5.82 Å². The Labute approximate surface area is 149 Å². The Bertz CT molecular complexity index is 713. The number of likely N-dealkylation sites (tertiary alicyclic amines) is 1. The zero-order valence-corrected chi connectivity index (χ0v) is 14.4. The highest BCUT2D eigenvalue weighted by Gasteiger charge is 2.27. The van der Waals surface area contributed by atoms with Crippen molar-refractivity contribution in [3.05, 3.63) is 47.2 Å². The molecule has 0 saturated carbocycles. The number of thiazole rings is 1. The van der Waals surface area contributed by atoms with Gasteiger partial charge in [-0.3, -0.25) is 4.79 Å². The van der Waals surface area contributed by atoms with Crippen LogP contribution in [-0.4, -0.2) is 34.9 Å². The lowest BCUT2D eigenvalue weighted by molar-refractivity contribution is -0.121. The first kappa shape index (κ1) is 17.3. The molecule has 1 aromatic heterocycles. The average molecular weight is 362 g/mol. The third-order valence-electron chi connectivity index (χ3n) is 4.17. The minimum absolute atomic E-state index is 0.0404. The van der Waals surface area contributed by atoms with Crippen LogP contribution in [0.15, 0.2) is 35.8 Å². The highest BCUT2D eigenvalue weighted by molar-refractivity contribution is 7.13. The lowest BCUT2D eigenvalue weighted by Crippen LogP contribution is -2.45. The normalized spacial score (nSPS) is 15.0. The van der Waals surface area contributed by atoms with E-state index < -0.39 is 0 Å². The second-order valence-corrected chi connectivity index (χ2v) is 6.77. The summed E-state index contributed by atoms with van der Waals surface area (Å²) < 4.78 is 12.9. The molecular weight excluding hydrogens is 343 g/mol. The van der Waals surface area contributed by atoms with Crippen molar-refractivity contribution in [3.8, 4) is 0 Å². The van der Waals surface area contributed by atoms with Gasteiger partial charge in [-0.05, 0) is 30.5 Å². The number of rotatable bonds is 4.